The summed E-state index contributed by atoms with van der Waals surface area (Å²) < 4.78 is 0. The van der Waals surface area contributed by atoms with E-state index in [2.05, 4.69) is 13.8 Å². The summed E-state index contributed by atoms with van der Waals surface area (Å²) in [5.41, 5.74) is 0. The van der Waals surface area contributed by atoms with Crippen molar-refractivity contribution in [1.29, 1.82) is 0 Å². The molecule has 0 spiro atoms. The van der Waals surface area contributed by atoms with Crippen molar-refractivity contribution < 1.29 is 32.7 Å². The minimum Gasteiger partial charge on any atom is -0.340 e. The second-order valence-corrected chi connectivity index (χ2v) is 9.09. The van der Waals surface area contributed by atoms with Crippen LogP contribution in [0.4, 0.5) is 0 Å². The van der Waals surface area contributed by atoms with Crippen LogP contribution in [0.15, 0.2) is 0 Å². The van der Waals surface area contributed by atoms with Crippen molar-refractivity contribution in [1.82, 2.24) is 0 Å². The molecule has 3 aliphatic rings. The second kappa shape index (κ2) is 10.3. The standard InChI is InChI=1S/C22H39.Y/c1-3-18-6-8-19(9-7-18)16-20-10-14-22(15-11-20)21-12-4-17(2)5-13-21;/h17-22H,2-16H2,1H3;/q-1;. The van der Waals surface area contributed by atoms with E-state index in [-0.39, 0.29) is 32.7 Å². The molecule has 1 radical (unpaired) electrons. The fraction of sp³-hybridized carbons (Fsp3) is 0.955. The Balaban J connectivity index is 0.00000192. The van der Waals surface area contributed by atoms with Gasteiger partial charge in [0.2, 0.25) is 0 Å². The fourth-order valence-corrected chi connectivity index (χ4v) is 5.90. The van der Waals surface area contributed by atoms with Gasteiger partial charge in [0.1, 0.15) is 0 Å². The average Bonchev–Trinajstić information content (AvgIpc) is 2.57. The zero-order valence-corrected chi connectivity index (χ0v) is 18.5. The van der Waals surface area contributed by atoms with Gasteiger partial charge in [-0.3, -0.25) is 0 Å². The normalized spacial score (nSPS) is 42.0. The van der Waals surface area contributed by atoms with E-state index in [0.717, 1.165) is 35.5 Å². The summed E-state index contributed by atoms with van der Waals surface area (Å²) in [6.45, 7) is 6.65. The van der Waals surface area contributed by atoms with Crippen LogP contribution < -0.4 is 0 Å². The molecule has 0 aliphatic heterocycles. The molecule has 0 saturated heterocycles. The zero-order valence-electron chi connectivity index (χ0n) is 15.6. The van der Waals surface area contributed by atoms with Crippen molar-refractivity contribution in [3.63, 3.8) is 0 Å². The van der Waals surface area contributed by atoms with Crippen molar-refractivity contribution in [3.8, 4) is 0 Å². The number of hydrogen-bond acceptors (Lipinski definition) is 0. The average molecular weight is 392 g/mol. The van der Waals surface area contributed by atoms with Crippen LogP contribution in [-0.2, 0) is 32.7 Å². The minimum atomic E-state index is 0. The van der Waals surface area contributed by atoms with E-state index in [1.165, 1.54) is 44.9 Å². The van der Waals surface area contributed by atoms with Gasteiger partial charge in [0.25, 0.3) is 0 Å². The van der Waals surface area contributed by atoms with Gasteiger partial charge in [-0.25, -0.2) is 0 Å². The van der Waals surface area contributed by atoms with Gasteiger partial charge in [0, 0.05) is 32.7 Å². The van der Waals surface area contributed by atoms with Crippen molar-refractivity contribution in [2.75, 3.05) is 0 Å². The molecule has 131 valence electrons. The Kier molecular flexibility index (Phi) is 9.14. The molecule has 0 aromatic rings. The Morgan fingerprint density at radius 1 is 0.609 bits per heavy atom. The van der Waals surface area contributed by atoms with E-state index < -0.39 is 0 Å². The van der Waals surface area contributed by atoms with E-state index in [4.69, 9.17) is 0 Å². The van der Waals surface area contributed by atoms with Gasteiger partial charge in [0.15, 0.2) is 0 Å². The van der Waals surface area contributed by atoms with Crippen LogP contribution in [0.5, 0.6) is 0 Å². The summed E-state index contributed by atoms with van der Waals surface area (Å²) in [4.78, 5) is 0. The maximum Gasteiger partial charge on any atom is 0 e. The molecule has 23 heavy (non-hydrogen) atoms. The van der Waals surface area contributed by atoms with Gasteiger partial charge < -0.3 is 6.92 Å². The van der Waals surface area contributed by atoms with E-state index in [9.17, 15) is 0 Å². The van der Waals surface area contributed by atoms with E-state index >= 15 is 0 Å². The minimum absolute atomic E-state index is 0. The molecule has 3 aliphatic carbocycles. The molecule has 0 unspecified atom stereocenters. The summed E-state index contributed by atoms with van der Waals surface area (Å²) in [5, 5.41) is 0. The van der Waals surface area contributed by atoms with E-state index in [0.29, 0.717) is 0 Å². The number of rotatable bonds is 4. The smallest absolute Gasteiger partial charge is 0 e. The van der Waals surface area contributed by atoms with Crippen LogP contribution in [0.1, 0.15) is 96.8 Å². The van der Waals surface area contributed by atoms with Crippen molar-refractivity contribution in [3.05, 3.63) is 6.92 Å². The topological polar surface area (TPSA) is 0 Å². The maximum atomic E-state index is 4.27. The third kappa shape index (κ3) is 6.09. The van der Waals surface area contributed by atoms with Crippen LogP contribution in [0.2, 0.25) is 0 Å². The summed E-state index contributed by atoms with van der Waals surface area (Å²) in [6, 6.07) is 0. The summed E-state index contributed by atoms with van der Waals surface area (Å²) in [5.74, 6) is 6.16. The third-order valence-corrected chi connectivity index (χ3v) is 7.66. The molecular formula is C22H39Y-. The van der Waals surface area contributed by atoms with Crippen molar-refractivity contribution in [2.24, 2.45) is 35.5 Å². The van der Waals surface area contributed by atoms with Gasteiger partial charge in [-0.1, -0.05) is 77.6 Å². The van der Waals surface area contributed by atoms with Gasteiger partial charge in [0.05, 0.1) is 0 Å². The predicted octanol–water partition coefficient (Wildman–Crippen LogP) is 7.04. The van der Waals surface area contributed by atoms with Crippen LogP contribution in [0, 0.1) is 42.4 Å². The van der Waals surface area contributed by atoms with Gasteiger partial charge in [-0.2, -0.15) is 5.92 Å². The largest absolute Gasteiger partial charge is 0.340 e. The molecular weight excluding hydrogens is 353 g/mol. The van der Waals surface area contributed by atoms with Crippen molar-refractivity contribution >= 4 is 0 Å². The fourth-order valence-electron chi connectivity index (χ4n) is 5.90. The first-order chi connectivity index (χ1) is 10.7. The first kappa shape index (κ1) is 20.4. The Hall–Kier alpha value is 1.10. The molecule has 3 fully saturated rings. The molecule has 3 rings (SSSR count). The zero-order chi connectivity index (χ0) is 15.4. The molecule has 0 N–H and O–H groups in total. The quantitative estimate of drug-likeness (QED) is 0.450. The van der Waals surface area contributed by atoms with Crippen molar-refractivity contribution in [2.45, 2.75) is 96.8 Å². The molecule has 0 aromatic heterocycles. The van der Waals surface area contributed by atoms with Gasteiger partial charge in [-0.05, 0) is 48.9 Å². The summed E-state index contributed by atoms with van der Waals surface area (Å²) >= 11 is 0. The van der Waals surface area contributed by atoms with E-state index in [1.807, 2.05) is 0 Å². The Labute approximate surface area is 171 Å². The molecule has 0 atom stereocenters. The Morgan fingerprint density at radius 2 is 1.00 bits per heavy atom. The summed E-state index contributed by atoms with van der Waals surface area (Å²) in [7, 11) is 0. The molecule has 0 aromatic carbocycles. The van der Waals surface area contributed by atoms with Crippen LogP contribution >= 0.6 is 0 Å². The van der Waals surface area contributed by atoms with E-state index in [1.54, 1.807) is 44.9 Å². The van der Waals surface area contributed by atoms with Gasteiger partial charge >= 0.3 is 0 Å². The molecule has 0 amide bonds. The van der Waals surface area contributed by atoms with Crippen LogP contribution in [0.25, 0.3) is 0 Å². The molecule has 3 saturated carbocycles. The summed E-state index contributed by atoms with van der Waals surface area (Å²) in [6.07, 6.45) is 21.2. The van der Waals surface area contributed by atoms with Crippen LogP contribution in [-0.4, -0.2) is 0 Å². The molecule has 1 heteroatoms. The number of hydrogen-bond donors (Lipinski definition) is 0. The SMILES string of the molecule is [CH2-]C1CCC(C2CCC(CC3CCC(CC)CC3)CC2)CC1.[Y]. The third-order valence-electron chi connectivity index (χ3n) is 7.66. The van der Waals surface area contributed by atoms with Gasteiger partial charge in [-0.15, -0.1) is 0 Å². The second-order valence-electron chi connectivity index (χ2n) is 9.09. The first-order valence-corrected chi connectivity index (χ1v) is 10.6. The molecule has 0 heterocycles. The molecule has 0 nitrogen and oxygen atoms in total. The van der Waals surface area contributed by atoms with Crippen LogP contribution in [0.3, 0.4) is 0 Å². The Bertz CT molecular complexity index is 302. The first-order valence-electron chi connectivity index (χ1n) is 10.6. The Morgan fingerprint density at radius 3 is 1.48 bits per heavy atom. The molecule has 0 bridgehead atoms. The maximum absolute atomic E-state index is 4.27. The monoisotopic (exact) mass is 392 g/mol. The predicted molar refractivity (Wildman–Crippen MR) is 96.6 cm³/mol.